The lowest BCUT2D eigenvalue weighted by Crippen LogP contribution is -2.42. The van der Waals surface area contributed by atoms with Crippen molar-refractivity contribution in [1.29, 1.82) is 0 Å². The summed E-state index contributed by atoms with van der Waals surface area (Å²) in [5.41, 5.74) is 1.83. The summed E-state index contributed by atoms with van der Waals surface area (Å²) in [5.74, 6) is -0.135. The van der Waals surface area contributed by atoms with E-state index in [1.807, 2.05) is 32.0 Å². The van der Waals surface area contributed by atoms with Crippen LogP contribution in [0.4, 0.5) is 5.69 Å². The topological polar surface area (TPSA) is 115 Å². The fourth-order valence-electron chi connectivity index (χ4n) is 3.91. The number of rotatable bonds is 8. The molecule has 0 fully saturated rings. The van der Waals surface area contributed by atoms with Crippen LogP contribution in [0.15, 0.2) is 74.9 Å². The molecule has 180 valence electrons. The molecule has 2 amide bonds. The SMILES string of the molecule is Cc1ccc(NC(=O)Cn2c(=O)n(CCC(=O)NCc3ccco3)c(=O)c3ccccc32)c(C)c1. The molecule has 4 rings (SSSR count). The van der Waals surface area contributed by atoms with Gasteiger partial charge in [0, 0.05) is 18.7 Å². The number of fused-ring (bicyclic) bond motifs is 1. The van der Waals surface area contributed by atoms with E-state index < -0.39 is 17.2 Å². The minimum atomic E-state index is -0.650. The average Bonchev–Trinajstić information content (AvgIpc) is 3.36. The first kappa shape index (κ1) is 23.7. The highest BCUT2D eigenvalue weighted by Gasteiger charge is 2.16. The molecular weight excluding hydrogens is 448 g/mol. The third-order valence-electron chi connectivity index (χ3n) is 5.69. The maximum atomic E-state index is 13.3. The summed E-state index contributed by atoms with van der Waals surface area (Å²) < 4.78 is 7.44. The fourth-order valence-corrected chi connectivity index (χ4v) is 3.91. The first-order chi connectivity index (χ1) is 16.8. The third-order valence-corrected chi connectivity index (χ3v) is 5.69. The molecule has 0 spiro atoms. The van der Waals surface area contributed by atoms with Crippen LogP contribution in [0.2, 0.25) is 0 Å². The molecule has 2 N–H and O–H groups in total. The zero-order chi connectivity index (χ0) is 24.9. The molecule has 0 bridgehead atoms. The van der Waals surface area contributed by atoms with Crippen molar-refractivity contribution in [3.05, 3.63) is 98.6 Å². The number of para-hydroxylation sites is 1. The highest BCUT2D eigenvalue weighted by Crippen LogP contribution is 2.16. The van der Waals surface area contributed by atoms with Gasteiger partial charge in [0.2, 0.25) is 11.8 Å². The Morgan fingerprint density at radius 3 is 2.49 bits per heavy atom. The van der Waals surface area contributed by atoms with Gasteiger partial charge in [-0.25, -0.2) is 4.79 Å². The van der Waals surface area contributed by atoms with Gasteiger partial charge >= 0.3 is 5.69 Å². The van der Waals surface area contributed by atoms with Crippen molar-refractivity contribution < 1.29 is 14.0 Å². The van der Waals surface area contributed by atoms with E-state index in [2.05, 4.69) is 10.6 Å². The highest BCUT2D eigenvalue weighted by molar-refractivity contribution is 5.92. The van der Waals surface area contributed by atoms with E-state index in [4.69, 9.17) is 4.42 Å². The number of aromatic nitrogens is 2. The molecule has 2 aromatic heterocycles. The Balaban J connectivity index is 1.57. The monoisotopic (exact) mass is 474 g/mol. The van der Waals surface area contributed by atoms with Gasteiger partial charge in [0.15, 0.2) is 0 Å². The lowest BCUT2D eigenvalue weighted by atomic mass is 10.1. The lowest BCUT2D eigenvalue weighted by molar-refractivity contribution is -0.121. The van der Waals surface area contributed by atoms with Crippen molar-refractivity contribution in [2.75, 3.05) is 5.32 Å². The second kappa shape index (κ2) is 10.3. The molecule has 0 radical (unpaired) electrons. The molecule has 2 heterocycles. The highest BCUT2D eigenvalue weighted by atomic mass is 16.3. The molecule has 0 aliphatic carbocycles. The third kappa shape index (κ3) is 5.40. The number of nitrogens with one attached hydrogen (secondary N) is 2. The smallest absolute Gasteiger partial charge is 0.331 e. The molecule has 9 nitrogen and oxygen atoms in total. The van der Waals surface area contributed by atoms with Crippen molar-refractivity contribution in [3.8, 4) is 0 Å². The summed E-state index contributed by atoms with van der Waals surface area (Å²) in [4.78, 5) is 51.4. The van der Waals surface area contributed by atoms with Crippen molar-refractivity contribution in [2.24, 2.45) is 0 Å². The molecular formula is C26H26N4O5. The van der Waals surface area contributed by atoms with Gasteiger partial charge in [-0.15, -0.1) is 0 Å². The molecule has 4 aromatic rings. The largest absolute Gasteiger partial charge is 0.467 e. The van der Waals surface area contributed by atoms with Crippen molar-refractivity contribution in [1.82, 2.24) is 14.5 Å². The predicted molar refractivity (Wildman–Crippen MR) is 132 cm³/mol. The number of nitrogens with zero attached hydrogens (tertiary/aromatic N) is 2. The number of amides is 2. The molecule has 35 heavy (non-hydrogen) atoms. The van der Waals surface area contributed by atoms with Crippen LogP contribution in [0.5, 0.6) is 0 Å². The van der Waals surface area contributed by atoms with E-state index in [-0.39, 0.29) is 32.0 Å². The Kier molecular flexibility index (Phi) is 6.96. The zero-order valence-electron chi connectivity index (χ0n) is 19.5. The van der Waals surface area contributed by atoms with Gasteiger partial charge in [0.25, 0.3) is 5.56 Å². The first-order valence-electron chi connectivity index (χ1n) is 11.2. The van der Waals surface area contributed by atoms with Crippen molar-refractivity contribution in [3.63, 3.8) is 0 Å². The van der Waals surface area contributed by atoms with Crippen LogP contribution < -0.4 is 21.9 Å². The van der Waals surface area contributed by atoms with E-state index >= 15 is 0 Å². The van der Waals surface area contributed by atoms with Gasteiger partial charge < -0.3 is 15.1 Å². The Morgan fingerprint density at radius 2 is 1.74 bits per heavy atom. The maximum absolute atomic E-state index is 13.3. The summed E-state index contributed by atoms with van der Waals surface area (Å²) in [5, 5.41) is 5.82. The minimum absolute atomic E-state index is 0.0804. The van der Waals surface area contributed by atoms with Gasteiger partial charge in [-0.1, -0.05) is 29.8 Å². The van der Waals surface area contributed by atoms with Gasteiger partial charge in [0.05, 0.1) is 23.7 Å². The molecule has 0 atom stereocenters. The van der Waals surface area contributed by atoms with Crippen molar-refractivity contribution >= 4 is 28.4 Å². The van der Waals surface area contributed by atoms with Crippen molar-refractivity contribution in [2.45, 2.75) is 39.9 Å². The number of furan rings is 1. The van der Waals surface area contributed by atoms with Gasteiger partial charge in [-0.3, -0.25) is 23.5 Å². The molecule has 2 aromatic carbocycles. The molecule has 0 saturated heterocycles. The van der Waals surface area contributed by atoms with Crippen LogP contribution in [0.25, 0.3) is 10.9 Å². The van der Waals surface area contributed by atoms with E-state index in [1.165, 1.54) is 10.8 Å². The van der Waals surface area contributed by atoms with E-state index in [9.17, 15) is 19.2 Å². The molecule has 0 unspecified atom stereocenters. The standard InChI is InChI=1S/C26H26N4O5/c1-17-9-10-21(18(2)14-17)28-24(32)16-30-22-8-4-3-7-20(22)25(33)29(26(30)34)12-11-23(31)27-15-19-6-5-13-35-19/h3-10,13-14H,11-12,15-16H2,1-2H3,(H,27,31)(H,28,32). The van der Waals surface area contributed by atoms with E-state index in [1.54, 1.807) is 36.4 Å². The molecule has 0 aliphatic heterocycles. The number of anilines is 1. The zero-order valence-corrected chi connectivity index (χ0v) is 19.5. The van der Waals surface area contributed by atoms with Gasteiger partial charge in [-0.05, 0) is 49.7 Å². The van der Waals surface area contributed by atoms with E-state index in [0.717, 1.165) is 15.7 Å². The number of benzene rings is 2. The second-order valence-corrected chi connectivity index (χ2v) is 8.32. The fraction of sp³-hybridized carbons (Fsp3) is 0.231. The van der Waals surface area contributed by atoms with Crippen LogP contribution >= 0.6 is 0 Å². The molecule has 0 aliphatic rings. The minimum Gasteiger partial charge on any atom is -0.467 e. The van der Waals surface area contributed by atoms with Crippen LogP contribution in [0, 0.1) is 13.8 Å². The Hall–Kier alpha value is -4.40. The summed E-state index contributed by atoms with van der Waals surface area (Å²) in [6.45, 7) is 3.66. The normalized spacial score (nSPS) is 10.9. The Labute approximate surface area is 201 Å². The molecule has 0 saturated carbocycles. The first-order valence-corrected chi connectivity index (χ1v) is 11.2. The maximum Gasteiger partial charge on any atom is 0.331 e. The predicted octanol–water partition coefficient (Wildman–Crippen LogP) is 2.72. The van der Waals surface area contributed by atoms with Crippen LogP contribution in [0.3, 0.4) is 0 Å². The van der Waals surface area contributed by atoms with Crippen LogP contribution in [-0.4, -0.2) is 20.9 Å². The number of hydrogen-bond acceptors (Lipinski definition) is 5. The summed E-state index contributed by atoms with van der Waals surface area (Å²) in [7, 11) is 0. The van der Waals surface area contributed by atoms with Crippen LogP contribution in [0.1, 0.15) is 23.3 Å². The summed E-state index contributed by atoms with van der Waals surface area (Å²) in [6.07, 6.45) is 1.43. The Morgan fingerprint density at radius 1 is 0.943 bits per heavy atom. The lowest BCUT2D eigenvalue weighted by Gasteiger charge is -2.15. The Bertz CT molecular complexity index is 1500. The average molecular weight is 475 g/mol. The quantitative estimate of drug-likeness (QED) is 0.407. The number of aryl methyl sites for hydroxylation is 2. The molecule has 9 heteroatoms. The summed E-state index contributed by atoms with van der Waals surface area (Å²) in [6, 6.07) is 15.7. The van der Waals surface area contributed by atoms with Crippen LogP contribution in [-0.2, 0) is 29.2 Å². The van der Waals surface area contributed by atoms with Gasteiger partial charge in [0.1, 0.15) is 12.3 Å². The summed E-state index contributed by atoms with van der Waals surface area (Å²) >= 11 is 0. The second-order valence-electron chi connectivity index (χ2n) is 8.32. The van der Waals surface area contributed by atoms with E-state index in [0.29, 0.717) is 22.4 Å². The number of carbonyl (C=O) groups is 2. The van der Waals surface area contributed by atoms with Gasteiger partial charge in [-0.2, -0.15) is 0 Å². The number of hydrogen-bond donors (Lipinski definition) is 2. The number of carbonyl (C=O) groups excluding carboxylic acids is 2.